The number of hydrogen-bond donors (Lipinski definition) is 1. The van der Waals surface area contributed by atoms with Crippen molar-refractivity contribution in [3.05, 3.63) is 12.2 Å². The van der Waals surface area contributed by atoms with Crippen molar-refractivity contribution in [1.29, 1.82) is 0 Å². The molecule has 0 saturated carbocycles. The number of aliphatic imine (C=N–C) groups is 1. The lowest BCUT2D eigenvalue weighted by atomic mass is 9.84. The van der Waals surface area contributed by atoms with Gasteiger partial charge in [-0.1, -0.05) is 30.8 Å². The number of nitrogens with one attached hydrogen (secondary N) is 1. The molecule has 0 fully saturated rings. The zero-order valence-electron chi connectivity index (χ0n) is 11.0. The van der Waals surface area contributed by atoms with Gasteiger partial charge in [0.1, 0.15) is 0 Å². The maximum absolute atomic E-state index is 4.69. The van der Waals surface area contributed by atoms with Gasteiger partial charge in [0.05, 0.1) is 0 Å². The fourth-order valence-electron chi connectivity index (χ4n) is 1.92. The van der Waals surface area contributed by atoms with E-state index in [4.69, 9.17) is 0 Å². The van der Waals surface area contributed by atoms with E-state index in [9.17, 15) is 0 Å². The van der Waals surface area contributed by atoms with Gasteiger partial charge in [0.25, 0.3) is 0 Å². The van der Waals surface area contributed by atoms with Gasteiger partial charge in [-0.3, -0.25) is 4.99 Å². The minimum atomic E-state index is 0.406. The van der Waals surface area contributed by atoms with Crippen molar-refractivity contribution in [2.24, 2.45) is 10.4 Å². The first kappa shape index (κ1) is 13.4. The quantitative estimate of drug-likeness (QED) is 0.886. The van der Waals surface area contributed by atoms with Gasteiger partial charge in [0.2, 0.25) is 6.39 Å². The van der Waals surface area contributed by atoms with Crippen LogP contribution in [0.2, 0.25) is 0 Å². The van der Waals surface area contributed by atoms with Gasteiger partial charge >= 0.3 is 0 Å². The normalized spacial score (nSPS) is 18.4. The van der Waals surface area contributed by atoms with Gasteiger partial charge in [-0.25, -0.2) is 0 Å². The fourth-order valence-corrected chi connectivity index (χ4v) is 3.22. The zero-order chi connectivity index (χ0) is 12.8. The van der Waals surface area contributed by atoms with Crippen LogP contribution in [0.5, 0.6) is 0 Å². The summed E-state index contributed by atoms with van der Waals surface area (Å²) in [5.74, 6) is 1.90. The maximum atomic E-state index is 4.69. The third-order valence-corrected chi connectivity index (χ3v) is 4.91. The van der Waals surface area contributed by atoms with E-state index in [0.717, 1.165) is 36.3 Å². The van der Waals surface area contributed by atoms with E-state index in [1.807, 2.05) is 11.8 Å². The van der Waals surface area contributed by atoms with Gasteiger partial charge in [-0.2, -0.15) is 4.98 Å². The Labute approximate surface area is 112 Å². The lowest BCUT2D eigenvalue weighted by molar-refractivity contribution is 0.318. The van der Waals surface area contributed by atoms with Crippen molar-refractivity contribution in [2.45, 2.75) is 33.1 Å². The summed E-state index contributed by atoms with van der Waals surface area (Å²) < 4.78 is 4.69. The summed E-state index contributed by atoms with van der Waals surface area (Å²) in [6.45, 7) is 6.26. The van der Waals surface area contributed by atoms with Gasteiger partial charge in [0.15, 0.2) is 11.0 Å². The maximum Gasteiger partial charge on any atom is 0.213 e. The first-order valence-electron chi connectivity index (χ1n) is 6.44. The molecule has 0 radical (unpaired) electrons. The van der Waals surface area contributed by atoms with Gasteiger partial charge in [-0.15, -0.1) is 0 Å². The number of amidine groups is 1. The topological polar surface area (TPSA) is 63.3 Å². The molecule has 1 N–H and O–H groups in total. The first-order chi connectivity index (χ1) is 8.78. The molecule has 0 amide bonds. The summed E-state index contributed by atoms with van der Waals surface area (Å²) in [5.41, 5.74) is 0.406. The Morgan fingerprint density at radius 3 is 2.83 bits per heavy atom. The molecule has 1 aromatic rings. The minimum absolute atomic E-state index is 0.406. The third-order valence-electron chi connectivity index (χ3n) is 3.60. The monoisotopic (exact) mass is 268 g/mol. The number of rotatable bonds is 5. The van der Waals surface area contributed by atoms with Crippen LogP contribution in [-0.2, 0) is 6.42 Å². The third kappa shape index (κ3) is 3.25. The molecule has 2 heterocycles. The second-order valence-electron chi connectivity index (χ2n) is 4.64. The van der Waals surface area contributed by atoms with Crippen LogP contribution >= 0.6 is 11.8 Å². The minimum Gasteiger partial charge on any atom is -0.364 e. The predicted molar refractivity (Wildman–Crippen MR) is 73.8 cm³/mol. The summed E-state index contributed by atoms with van der Waals surface area (Å²) in [6.07, 6.45) is 4.54. The Bertz CT molecular complexity index is 387. The molecule has 1 aromatic heterocycles. The summed E-state index contributed by atoms with van der Waals surface area (Å²) in [6, 6.07) is 0. The smallest absolute Gasteiger partial charge is 0.213 e. The van der Waals surface area contributed by atoms with E-state index in [2.05, 4.69) is 38.8 Å². The van der Waals surface area contributed by atoms with Crippen LogP contribution < -0.4 is 5.32 Å². The summed E-state index contributed by atoms with van der Waals surface area (Å²) in [7, 11) is 0. The predicted octanol–water partition coefficient (Wildman–Crippen LogP) is 2.11. The molecule has 0 saturated heterocycles. The van der Waals surface area contributed by atoms with E-state index in [1.165, 1.54) is 19.2 Å². The molecule has 1 aliphatic rings. The number of aromatic nitrogens is 2. The fraction of sp³-hybridized carbons (Fsp3) is 0.750. The molecule has 0 bridgehead atoms. The highest BCUT2D eigenvalue weighted by Crippen LogP contribution is 2.34. The standard InChI is InChI=1S/C12H20N4OS/c1-3-12(4-2)7-14-11(18-8-12)13-6-5-10-15-9-17-16-10/h9H,3-8H2,1-2H3,(H,13,14). The van der Waals surface area contributed by atoms with Crippen LogP contribution in [0, 0.1) is 5.41 Å². The number of nitrogens with zero attached hydrogens (tertiary/aromatic N) is 3. The molecule has 6 heteroatoms. The van der Waals surface area contributed by atoms with Gasteiger partial charge < -0.3 is 9.84 Å². The van der Waals surface area contributed by atoms with Crippen LogP contribution in [0.4, 0.5) is 0 Å². The van der Waals surface area contributed by atoms with Crippen LogP contribution in [0.3, 0.4) is 0 Å². The van der Waals surface area contributed by atoms with Crippen molar-refractivity contribution < 1.29 is 4.52 Å². The van der Waals surface area contributed by atoms with E-state index in [0.29, 0.717) is 5.41 Å². The molecule has 100 valence electrons. The van der Waals surface area contributed by atoms with Crippen molar-refractivity contribution in [3.8, 4) is 0 Å². The SMILES string of the molecule is CCC1(CC)CN=C(NCCc2ncon2)SC1. The molecule has 2 rings (SSSR count). The molecule has 0 unspecified atom stereocenters. The highest BCUT2D eigenvalue weighted by atomic mass is 32.2. The Hall–Kier alpha value is -1.04. The second kappa shape index (κ2) is 6.22. The second-order valence-corrected chi connectivity index (χ2v) is 5.61. The molecular formula is C12H20N4OS. The number of thioether (sulfide) groups is 1. The largest absolute Gasteiger partial charge is 0.364 e. The summed E-state index contributed by atoms with van der Waals surface area (Å²) in [4.78, 5) is 8.63. The molecule has 18 heavy (non-hydrogen) atoms. The van der Waals surface area contributed by atoms with Crippen LogP contribution in [0.25, 0.3) is 0 Å². The first-order valence-corrected chi connectivity index (χ1v) is 7.43. The summed E-state index contributed by atoms with van der Waals surface area (Å²) >= 11 is 1.83. The van der Waals surface area contributed by atoms with Crippen molar-refractivity contribution in [2.75, 3.05) is 18.8 Å². The van der Waals surface area contributed by atoms with Crippen LogP contribution in [0.15, 0.2) is 15.9 Å². The van der Waals surface area contributed by atoms with E-state index < -0.39 is 0 Å². The molecule has 1 aliphatic heterocycles. The molecule has 0 atom stereocenters. The lowest BCUT2D eigenvalue weighted by Gasteiger charge is -2.33. The van der Waals surface area contributed by atoms with E-state index in [-0.39, 0.29) is 0 Å². The number of hydrogen-bond acceptors (Lipinski definition) is 6. The van der Waals surface area contributed by atoms with Crippen LogP contribution in [0.1, 0.15) is 32.5 Å². The lowest BCUT2D eigenvalue weighted by Crippen LogP contribution is -2.35. The van der Waals surface area contributed by atoms with E-state index in [1.54, 1.807) is 0 Å². The average molecular weight is 268 g/mol. The Morgan fingerprint density at radius 1 is 1.44 bits per heavy atom. The zero-order valence-corrected chi connectivity index (χ0v) is 11.8. The molecule has 0 aliphatic carbocycles. The molecular weight excluding hydrogens is 248 g/mol. The van der Waals surface area contributed by atoms with Crippen molar-refractivity contribution >= 4 is 16.9 Å². The molecule has 0 aromatic carbocycles. The Morgan fingerprint density at radius 2 is 2.28 bits per heavy atom. The molecule has 0 spiro atoms. The van der Waals surface area contributed by atoms with Crippen LogP contribution in [-0.4, -0.2) is 34.2 Å². The van der Waals surface area contributed by atoms with Crippen molar-refractivity contribution in [1.82, 2.24) is 15.5 Å². The Kier molecular flexibility index (Phi) is 4.63. The average Bonchev–Trinajstić information content (AvgIpc) is 2.93. The van der Waals surface area contributed by atoms with E-state index >= 15 is 0 Å². The summed E-state index contributed by atoms with van der Waals surface area (Å²) in [5, 5.41) is 8.16. The highest BCUT2D eigenvalue weighted by molar-refractivity contribution is 8.13. The van der Waals surface area contributed by atoms with Gasteiger partial charge in [-0.05, 0) is 18.3 Å². The van der Waals surface area contributed by atoms with Gasteiger partial charge in [0, 0.05) is 25.3 Å². The van der Waals surface area contributed by atoms with Crippen molar-refractivity contribution in [3.63, 3.8) is 0 Å². The molecule has 5 nitrogen and oxygen atoms in total. The highest BCUT2D eigenvalue weighted by Gasteiger charge is 2.29. The Balaban J connectivity index is 1.76.